The van der Waals surface area contributed by atoms with Crippen molar-refractivity contribution in [1.29, 1.82) is 0 Å². The molecule has 0 N–H and O–H groups in total. The first-order chi connectivity index (χ1) is 9.61. The van der Waals surface area contributed by atoms with Crippen LogP contribution in [0.15, 0.2) is 18.2 Å². The van der Waals surface area contributed by atoms with E-state index in [0.717, 1.165) is 49.3 Å². The molecule has 3 rings (SSSR count). The van der Waals surface area contributed by atoms with E-state index in [2.05, 4.69) is 24.3 Å². The van der Waals surface area contributed by atoms with E-state index in [1.54, 1.807) is 6.92 Å². The molecule has 20 heavy (non-hydrogen) atoms. The fraction of sp³-hybridized carbons (Fsp3) is 0.500. The maximum Gasteiger partial charge on any atom is 0.219 e. The third-order valence-corrected chi connectivity index (χ3v) is 4.38. The number of fused-ring (bicyclic) bond motifs is 3. The molecule has 0 saturated heterocycles. The highest BCUT2D eigenvalue weighted by Gasteiger charge is 2.28. The molecule has 0 saturated carbocycles. The van der Waals surface area contributed by atoms with Crippen molar-refractivity contribution in [2.75, 3.05) is 6.54 Å². The summed E-state index contributed by atoms with van der Waals surface area (Å²) in [6.45, 7) is 10.4. The molecule has 0 aromatic carbocycles. The lowest BCUT2D eigenvalue weighted by atomic mass is 9.96. The number of carbonyl (C=O) groups is 1. The van der Waals surface area contributed by atoms with Crippen molar-refractivity contribution in [1.82, 2.24) is 14.7 Å². The summed E-state index contributed by atoms with van der Waals surface area (Å²) in [5.74, 6) is 0.140. The van der Waals surface area contributed by atoms with E-state index < -0.39 is 0 Å². The third-order valence-electron chi connectivity index (χ3n) is 4.38. The summed E-state index contributed by atoms with van der Waals surface area (Å²) in [7, 11) is 0. The summed E-state index contributed by atoms with van der Waals surface area (Å²) < 4.78 is 2.10. The van der Waals surface area contributed by atoms with E-state index in [1.807, 2.05) is 4.90 Å². The standard InChI is InChI=1S/C16H21N3O/c1-4-13-6-5-8-19-16(11(13)2)14-10-18(12(3)20)9-7-15(14)17-19/h4H,2,5-10H2,1,3H3. The second-order valence-corrected chi connectivity index (χ2v) is 5.58. The molecule has 3 heterocycles. The second kappa shape index (κ2) is 4.93. The Bertz CT molecular complexity index is 609. The van der Waals surface area contributed by atoms with Crippen LogP contribution in [0.2, 0.25) is 0 Å². The van der Waals surface area contributed by atoms with E-state index >= 15 is 0 Å². The van der Waals surface area contributed by atoms with Gasteiger partial charge in [0, 0.05) is 38.5 Å². The molecule has 1 aromatic rings. The van der Waals surface area contributed by atoms with Gasteiger partial charge in [0.25, 0.3) is 0 Å². The van der Waals surface area contributed by atoms with Gasteiger partial charge in [-0.2, -0.15) is 5.10 Å². The number of rotatable bonds is 0. The fourth-order valence-corrected chi connectivity index (χ4v) is 3.24. The number of amides is 1. The normalized spacial score (nSPS) is 20.6. The third kappa shape index (κ3) is 1.99. The Morgan fingerprint density at radius 1 is 1.35 bits per heavy atom. The van der Waals surface area contributed by atoms with Crippen LogP contribution in [-0.4, -0.2) is 27.1 Å². The number of aryl methyl sites for hydroxylation is 1. The van der Waals surface area contributed by atoms with Crippen molar-refractivity contribution in [3.8, 4) is 0 Å². The van der Waals surface area contributed by atoms with E-state index in [9.17, 15) is 4.79 Å². The van der Waals surface area contributed by atoms with Gasteiger partial charge < -0.3 is 4.90 Å². The lowest BCUT2D eigenvalue weighted by molar-refractivity contribution is -0.129. The van der Waals surface area contributed by atoms with Crippen molar-refractivity contribution >= 4 is 11.5 Å². The number of hydrogen-bond acceptors (Lipinski definition) is 2. The molecule has 0 aliphatic carbocycles. The molecule has 106 valence electrons. The van der Waals surface area contributed by atoms with Crippen molar-refractivity contribution in [3.63, 3.8) is 0 Å². The molecule has 2 aliphatic heterocycles. The quantitative estimate of drug-likeness (QED) is 0.727. The van der Waals surface area contributed by atoms with Crippen LogP contribution in [0.4, 0.5) is 0 Å². The minimum Gasteiger partial charge on any atom is -0.338 e. The Morgan fingerprint density at radius 2 is 2.15 bits per heavy atom. The number of nitrogens with zero attached hydrogens (tertiary/aromatic N) is 3. The van der Waals surface area contributed by atoms with Crippen LogP contribution in [0.25, 0.3) is 5.57 Å². The summed E-state index contributed by atoms with van der Waals surface area (Å²) in [4.78, 5) is 13.5. The highest BCUT2D eigenvalue weighted by Crippen LogP contribution is 2.34. The van der Waals surface area contributed by atoms with Crippen LogP contribution in [0, 0.1) is 0 Å². The number of carbonyl (C=O) groups excluding carboxylic acids is 1. The van der Waals surface area contributed by atoms with Gasteiger partial charge >= 0.3 is 0 Å². The predicted molar refractivity (Wildman–Crippen MR) is 79.0 cm³/mol. The number of hydrogen-bond donors (Lipinski definition) is 0. The van der Waals surface area contributed by atoms with Crippen LogP contribution >= 0.6 is 0 Å². The lowest BCUT2D eigenvalue weighted by Gasteiger charge is -2.26. The lowest BCUT2D eigenvalue weighted by Crippen LogP contribution is -2.34. The largest absolute Gasteiger partial charge is 0.338 e. The molecule has 0 fully saturated rings. The van der Waals surface area contributed by atoms with E-state index in [1.165, 1.54) is 11.1 Å². The first-order valence-electron chi connectivity index (χ1n) is 7.30. The van der Waals surface area contributed by atoms with Gasteiger partial charge in [0.15, 0.2) is 0 Å². The molecule has 0 atom stereocenters. The van der Waals surface area contributed by atoms with Crippen molar-refractivity contribution in [2.45, 2.75) is 46.2 Å². The van der Waals surface area contributed by atoms with Gasteiger partial charge in [-0.3, -0.25) is 9.48 Å². The predicted octanol–water partition coefficient (Wildman–Crippen LogP) is 2.54. The topological polar surface area (TPSA) is 38.1 Å². The second-order valence-electron chi connectivity index (χ2n) is 5.58. The molecule has 4 nitrogen and oxygen atoms in total. The molecule has 0 unspecified atom stereocenters. The van der Waals surface area contributed by atoms with Gasteiger partial charge in [0.1, 0.15) is 0 Å². The monoisotopic (exact) mass is 271 g/mol. The smallest absolute Gasteiger partial charge is 0.219 e. The minimum atomic E-state index is 0.140. The van der Waals surface area contributed by atoms with Gasteiger partial charge in [0.2, 0.25) is 5.91 Å². The van der Waals surface area contributed by atoms with Crippen molar-refractivity contribution < 1.29 is 4.79 Å². The van der Waals surface area contributed by atoms with E-state index in [-0.39, 0.29) is 5.91 Å². The Kier molecular flexibility index (Phi) is 3.24. The zero-order valence-corrected chi connectivity index (χ0v) is 12.3. The highest BCUT2D eigenvalue weighted by atomic mass is 16.2. The first kappa shape index (κ1) is 13.2. The van der Waals surface area contributed by atoms with Gasteiger partial charge in [-0.15, -0.1) is 0 Å². The zero-order valence-electron chi connectivity index (χ0n) is 12.3. The molecule has 4 heteroatoms. The average Bonchev–Trinajstić information content (AvgIpc) is 2.72. The van der Waals surface area contributed by atoms with Gasteiger partial charge in [-0.25, -0.2) is 0 Å². The van der Waals surface area contributed by atoms with E-state index in [4.69, 9.17) is 5.10 Å². The number of aromatic nitrogens is 2. The summed E-state index contributed by atoms with van der Waals surface area (Å²) in [6.07, 6.45) is 5.17. The Balaban J connectivity index is 2.07. The molecule has 0 spiro atoms. The Labute approximate surface area is 119 Å². The molecule has 0 radical (unpaired) electrons. The first-order valence-corrected chi connectivity index (χ1v) is 7.30. The molecular formula is C16H21N3O. The van der Waals surface area contributed by atoms with Crippen LogP contribution < -0.4 is 0 Å². The summed E-state index contributed by atoms with van der Waals surface area (Å²) in [5, 5.41) is 4.75. The molecule has 2 aliphatic rings. The summed E-state index contributed by atoms with van der Waals surface area (Å²) in [5.41, 5.74) is 5.90. The van der Waals surface area contributed by atoms with Gasteiger partial charge in [0.05, 0.1) is 11.4 Å². The summed E-state index contributed by atoms with van der Waals surface area (Å²) in [6, 6.07) is 0. The van der Waals surface area contributed by atoms with E-state index in [0.29, 0.717) is 6.54 Å². The molecular weight excluding hydrogens is 250 g/mol. The van der Waals surface area contributed by atoms with Crippen LogP contribution in [0.5, 0.6) is 0 Å². The zero-order chi connectivity index (χ0) is 14.3. The van der Waals surface area contributed by atoms with Gasteiger partial charge in [-0.1, -0.05) is 12.7 Å². The average molecular weight is 271 g/mol. The fourth-order valence-electron chi connectivity index (χ4n) is 3.24. The highest BCUT2D eigenvalue weighted by molar-refractivity contribution is 5.79. The summed E-state index contributed by atoms with van der Waals surface area (Å²) >= 11 is 0. The van der Waals surface area contributed by atoms with Crippen LogP contribution in [0.3, 0.4) is 0 Å². The minimum absolute atomic E-state index is 0.140. The maximum absolute atomic E-state index is 11.6. The van der Waals surface area contributed by atoms with Crippen molar-refractivity contribution in [3.05, 3.63) is 35.2 Å². The molecule has 1 aromatic heterocycles. The molecule has 0 bridgehead atoms. The number of allylic oxidation sites excluding steroid dienone is 3. The van der Waals surface area contributed by atoms with Crippen LogP contribution in [0.1, 0.15) is 43.6 Å². The molecule has 1 amide bonds. The van der Waals surface area contributed by atoms with Gasteiger partial charge in [-0.05, 0) is 30.9 Å². The Morgan fingerprint density at radius 3 is 2.85 bits per heavy atom. The van der Waals surface area contributed by atoms with Crippen LogP contribution in [-0.2, 0) is 24.3 Å². The SMILES string of the molecule is C=C1C(=CC)CCCn2nc3c(c21)CN(C(C)=O)CC3. The van der Waals surface area contributed by atoms with Crippen molar-refractivity contribution in [2.24, 2.45) is 0 Å². The maximum atomic E-state index is 11.6. The Hall–Kier alpha value is -1.84.